The van der Waals surface area contributed by atoms with Gasteiger partial charge in [-0.25, -0.2) is 4.79 Å². The third-order valence-electron chi connectivity index (χ3n) is 6.34. The van der Waals surface area contributed by atoms with E-state index in [-0.39, 0.29) is 17.2 Å². The number of hydrogen-bond donors (Lipinski definition) is 0. The number of amides is 1. The Kier molecular flexibility index (Phi) is 8.25. The fourth-order valence-corrected chi connectivity index (χ4v) is 4.79. The molecule has 0 spiro atoms. The van der Waals surface area contributed by atoms with Crippen molar-refractivity contribution in [1.82, 2.24) is 4.90 Å². The highest BCUT2D eigenvalue weighted by molar-refractivity contribution is 6.74. The number of carbonyl (C=O) groups is 1. The second kappa shape index (κ2) is 9.99. The van der Waals surface area contributed by atoms with Crippen molar-refractivity contribution in [3.05, 3.63) is 35.9 Å². The highest BCUT2D eigenvalue weighted by Gasteiger charge is 2.49. The molecule has 32 heavy (non-hydrogen) atoms. The molecule has 1 amide bonds. The van der Waals surface area contributed by atoms with Gasteiger partial charge in [-0.1, -0.05) is 50.8 Å². The Balaban J connectivity index is 2.01. The molecule has 1 aliphatic heterocycles. The number of carbonyl (C=O) groups excluding carboxylic acids is 1. The highest BCUT2D eigenvalue weighted by Crippen LogP contribution is 2.38. The summed E-state index contributed by atoms with van der Waals surface area (Å²) in [6, 6.07) is 9.95. The molecule has 1 atom stereocenters. The van der Waals surface area contributed by atoms with E-state index in [2.05, 4.69) is 45.7 Å². The molecule has 0 bridgehead atoms. The zero-order chi connectivity index (χ0) is 24.2. The maximum Gasteiger partial charge on any atom is 0.412 e. The Morgan fingerprint density at radius 1 is 1.19 bits per heavy atom. The van der Waals surface area contributed by atoms with E-state index in [1.807, 2.05) is 58.0 Å². The molecule has 0 aliphatic carbocycles. The molecule has 0 saturated carbocycles. The van der Waals surface area contributed by atoms with E-state index < -0.39 is 19.6 Å². The van der Waals surface area contributed by atoms with Crippen LogP contribution in [0.4, 0.5) is 4.79 Å². The molecule has 5 nitrogen and oxygen atoms in total. The molecular weight excluding hydrogens is 418 g/mol. The van der Waals surface area contributed by atoms with Crippen molar-refractivity contribution in [3.63, 3.8) is 0 Å². The number of rotatable bonds is 6. The Morgan fingerprint density at radius 3 is 2.34 bits per heavy atom. The van der Waals surface area contributed by atoms with E-state index in [9.17, 15) is 4.79 Å². The van der Waals surface area contributed by atoms with Crippen LogP contribution in [0.1, 0.15) is 66.9 Å². The first kappa shape index (κ1) is 26.4. The van der Waals surface area contributed by atoms with Crippen LogP contribution in [0.25, 0.3) is 0 Å². The van der Waals surface area contributed by atoms with Gasteiger partial charge in [0.25, 0.3) is 0 Å². The second-order valence-electron chi connectivity index (χ2n) is 11.1. The van der Waals surface area contributed by atoms with E-state index >= 15 is 0 Å². The molecule has 1 fully saturated rings. The van der Waals surface area contributed by atoms with Crippen molar-refractivity contribution >= 4 is 14.4 Å². The maximum atomic E-state index is 12.8. The summed E-state index contributed by atoms with van der Waals surface area (Å²) in [5, 5.41) is 0.0963. The number of hydrogen-bond acceptors (Lipinski definition) is 4. The predicted molar refractivity (Wildman–Crippen MR) is 132 cm³/mol. The fraction of sp³-hybridized carbons (Fsp3) is 0.654. The van der Waals surface area contributed by atoms with Gasteiger partial charge in [0.1, 0.15) is 11.8 Å². The lowest BCUT2D eigenvalue weighted by Crippen LogP contribution is -2.52. The van der Waals surface area contributed by atoms with Crippen molar-refractivity contribution in [2.45, 2.75) is 96.8 Å². The van der Waals surface area contributed by atoms with E-state index in [0.717, 1.165) is 5.56 Å². The second-order valence-corrected chi connectivity index (χ2v) is 15.9. The quantitative estimate of drug-likeness (QED) is 0.289. The Hall–Kier alpha value is -1.81. The van der Waals surface area contributed by atoms with Crippen LogP contribution in [0.15, 0.2) is 30.3 Å². The largest absolute Gasteiger partial charge is 0.449 e. The SMILES string of the molecule is CC1(C)COC(C)(C)N1C(=O)OCCCC(C#Cc1ccccc1)O[Si](C)(C)C(C)(C)C. The molecular formula is C26H41NO4Si. The van der Waals surface area contributed by atoms with Gasteiger partial charge in [0, 0.05) is 5.56 Å². The van der Waals surface area contributed by atoms with Gasteiger partial charge in [-0.3, -0.25) is 4.90 Å². The molecule has 1 heterocycles. The Morgan fingerprint density at radius 2 is 1.81 bits per heavy atom. The standard InChI is InChI=1S/C26H41NO4Si/c1-24(2,3)32(8,9)31-22(18-17-21-14-11-10-12-15-21)16-13-19-29-23(28)27-25(4,5)20-30-26(27,6)7/h10-12,14-15,22H,13,16,19-20H2,1-9H3. The van der Waals surface area contributed by atoms with Gasteiger partial charge in [-0.05, 0) is 70.8 Å². The van der Waals surface area contributed by atoms with E-state index in [0.29, 0.717) is 26.1 Å². The Labute approximate surface area is 195 Å². The van der Waals surface area contributed by atoms with Gasteiger partial charge in [0.2, 0.25) is 0 Å². The number of ether oxygens (including phenoxy) is 2. The van der Waals surface area contributed by atoms with Gasteiger partial charge >= 0.3 is 6.09 Å². The lowest BCUT2D eigenvalue weighted by atomic mass is 10.0. The van der Waals surface area contributed by atoms with Crippen LogP contribution in [0.2, 0.25) is 18.1 Å². The smallest absolute Gasteiger partial charge is 0.412 e. The first-order valence-corrected chi connectivity index (χ1v) is 14.4. The molecule has 1 aliphatic rings. The summed E-state index contributed by atoms with van der Waals surface area (Å²) >= 11 is 0. The minimum absolute atomic E-state index is 0.0963. The zero-order valence-electron chi connectivity index (χ0n) is 21.4. The molecule has 1 saturated heterocycles. The normalized spacial score (nSPS) is 18.6. The zero-order valence-corrected chi connectivity index (χ0v) is 22.4. The van der Waals surface area contributed by atoms with Gasteiger partial charge in [0.15, 0.2) is 8.32 Å². The third-order valence-corrected chi connectivity index (χ3v) is 10.8. The fourth-order valence-electron chi connectivity index (χ4n) is 3.55. The summed E-state index contributed by atoms with van der Waals surface area (Å²) in [7, 11) is -1.98. The van der Waals surface area contributed by atoms with E-state index in [4.69, 9.17) is 13.9 Å². The van der Waals surface area contributed by atoms with Crippen molar-refractivity contribution < 1.29 is 18.7 Å². The van der Waals surface area contributed by atoms with Crippen molar-refractivity contribution in [3.8, 4) is 11.8 Å². The van der Waals surface area contributed by atoms with Gasteiger partial charge < -0.3 is 13.9 Å². The van der Waals surface area contributed by atoms with Crippen LogP contribution in [0.5, 0.6) is 0 Å². The first-order chi connectivity index (χ1) is 14.7. The van der Waals surface area contributed by atoms with E-state index in [1.54, 1.807) is 4.90 Å². The molecule has 1 aromatic carbocycles. The van der Waals surface area contributed by atoms with Gasteiger partial charge in [-0.2, -0.15) is 0 Å². The molecule has 0 aromatic heterocycles. The third kappa shape index (κ3) is 6.84. The monoisotopic (exact) mass is 459 g/mol. The molecule has 6 heteroatoms. The van der Waals surface area contributed by atoms with Crippen LogP contribution in [0, 0.1) is 11.8 Å². The molecule has 2 rings (SSSR count). The topological polar surface area (TPSA) is 48.0 Å². The first-order valence-electron chi connectivity index (χ1n) is 11.5. The molecule has 178 valence electrons. The summed E-state index contributed by atoms with van der Waals surface area (Å²) in [4.78, 5) is 14.5. The molecule has 1 unspecified atom stereocenters. The lowest BCUT2D eigenvalue weighted by Gasteiger charge is -2.38. The highest BCUT2D eigenvalue weighted by atomic mass is 28.4. The maximum absolute atomic E-state index is 12.8. The van der Waals surface area contributed by atoms with Gasteiger partial charge in [0.05, 0.1) is 18.8 Å². The molecule has 0 radical (unpaired) electrons. The summed E-state index contributed by atoms with van der Waals surface area (Å²) in [6.45, 7) is 19.7. The summed E-state index contributed by atoms with van der Waals surface area (Å²) < 4.78 is 18.0. The van der Waals surface area contributed by atoms with Gasteiger partial charge in [-0.15, -0.1) is 0 Å². The van der Waals surface area contributed by atoms with Crippen LogP contribution >= 0.6 is 0 Å². The summed E-state index contributed by atoms with van der Waals surface area (Å²) in [5.41, 5.74) is -0.0907. The van der Waals surface area contributed by atoms with Crippen LogP contribution in [-0.2, 0) is 13.9 Å². The summed E-state index contributed by atoms with van der Waals surface area (Å²) in [6.07, 6.45) is 0.861. The van der Waals surface area contributed by atoms with Crippen LogP contribution in [0.3, 0.4) is 0 Å². The molecule has 1 aromatic rings. The van der Waals surface area contributed by atoms with Crippen molar-refractivity contribution in [2.24, 2.45) is 0 Å². The minimum Gasteiger partial charge on any atom is -0.449 e. The van der Waals surface area contributed by atoms with Crippen LogP contribution < -0.4 is 0 Å². The lowest BCUT2D eigenvalue weighted by molar-refractivity contribution is -0.0520. The molecule has 0 N–H and O–H groups in total. The summed E-state index contributed by atoms with van der Waals surface area (Å²) in [5.74, 6) is 6.57. The average Bonchev–Trinajstić information content (AvgIpc) is 2.90. The van der Waals surface area contributed by atoms with Crippen LogP contribution in [-0.4, -0.2) is 49.9 Å². The number of benzene rings is 1. The predicted octanol–water partition coefficient (Wildman–Crippen LogP) is 6.19. The number of nitrogens with zero attached hydrogens (tertiary/aromatic N) is 1. The Bertz CT molecular complexity index is 815. The average molecular weight is 460 g/mol. The minimum atomic E-state index is -1.98. The van der Waals surface area contributed by atoms with Crippen molar-refractivity contribution in [1.29, 1.82) is 0 Å². The van der Waals surface area contributed by atoms with Crippen molar-refractivity contribution in [2.75, 3.05) is 13.2 Å². The van der Waals surface area contributed by atoms with E-state index in [1.165, 1.54) is 0 Å².